The molecule has 168 valence electrons. The molecule has 0 fully saturated rings. The third-order valence-corrected chi connectivity index (χ3v) is 5.11. The Morgan fingerprint density at radius 2 is 1.64 bits per heavy atom. The minimum absolute atomic E-state index is 0.125. The van der Waals surface area contributed by atoms with E-state index < -0.39 is 11.7 Å². The van der Waals surface area contributed by atoms with Gasteiger partial charge in [0, 0.05) is 24.2 Å². The zero-order valence-electron chi connectivity index (χ0n) is 19.0. The summed E-state index contributed by atoms with van der Waals surface area (Å²) in [6.45, 7) is 5.39. The van der Waals surface area contributed by atoms with Gasteiger partial charge in [-0.15, -0.1) is 0 Å². The molecule has 0 saturated carbocycles. The van der Waals surface area contributed by atoms with Gasteiger partial charge in [-0.25, -0.2) is 4.79 Å². The molecule has 1 N–H and O–H groups in total. The van der Waals surface area contributed by atoms with Crippen LogP contribution in [-0.2, 0) is 11.8 Å². The van der Waals surface area contributed by atoms with E-state index in [1.807, 2.05) is 48.5 Å². The Morgan fingerprint density at radius 3 is 2.33 bits per heavy atom. The van der Waals surface area contributed by atoms with Crippen LogP contribution in [0.1, 0.15) is 31.9 Å². The van der Waals surface area contributed by atoms with E-state index >= 15 is 0 Å². The zero-order chi connectivity index (χ0) is 23.8. The van der Waals surface area contributed by atoms with Gasteiger partial charge < -0.3 is 14.3 Å². The number of aromatic nitrogens is 3. The predicted octanol–water partition coefficient (Wildman–Crippen LogP) is 2.47. The Kier molecular flexibility index (Phi) is 5.64. The van der Waals surface area contributed by atoms with Crippen molar-refractivity contribution >= 4 is 29.1 Å². The number of aromatic amines is 1. The molecule has 0 amide bonds. The van der Waals surface area contributed by atoms with E-state index in [1.165, 1.54) is 9.13 Å². The van der Waals surface area contributed by atoms with Gasteiger partial charge in [0.25, 0.3) is 11.1 Å². The number of carbonyl (C=O) groups is 1. The highest BCUT2D eigenvalue weighted by Gasteiger charge is 2.20. The first-order chi connectivity index (χ1) is 15.6. The maximum absolute atomic E-state index is 13.0. The molecule has 0 spiro atoms. The lowest BCUT2D eigenvalue weighted by Crippen LogP contribution is -2.52. The number of para-hydroxylation sites is 1. The Labute approximate surface area is 189 Å². The molecule has 4 rings (SSSR count). The van der Waals surface area contributed by atoms with Gasteiger partial charge in [-0.05, 0) is 44.6 Å². The molecular formula is C26H25N3O4. The van der Waals surface area contributed by atoms with Gasteiger partial charge in [0.15, 0.2) is 0 Å². The Hall–Kier alpha value is -4.13. The first-order valence-electron chi connectivity index (χ1n) is 10.6. The average molecular weight is 444 g/mol. The zero-order valence-corrected chi connectivity index (χ0v) is 19.0. The minimum atomic E-state index is -0.654. The van der Waals surface area contributed by atoms with Crippen LogP contribution in [0, 0.1) is 0 Å². The Balaban J connectivity index is 1.90. The second-order valence-corrected chi connectivity index (χ2v) is 8.77. The van der Waals surface area contributed by atoms with E-state index in [1.54, 1.807) is 52.2 Å². The number of carbonyl (C=O) groups excluding carboxylic acids is 1. The van der Waals surface area contributed by atoms with Crippen molar-refractivity contribution in [2.45, 2.75) is 26.4 Å². The largest absolute Gasteiger partial charge is 0.443 e. The molecule has 0 radical (unpaired) electrons. The highest BCUT2D eigenvalue weighted by Crippen LogP contribution is 2.23. The van der Waals surface area contributed by atoms with Gasteiger partial charge in [0.1, 0.15) is 16.3 Å². The molecule has 0 bridgehead atoms. The molecule has 33 heavy (non-hydrogen) atoms. The summed E-state index contributed by atoms with van der Waals surface area (Å²) in [5.41, 5.74) is 0.679. The lowest BCUT2D eigenvalue weighted by atomic mass is 10.1. The molecule has 0 saturated heterocycles. The number of H-pyrrole nitrogens is 1. The van der Waals surface area contributed by atoms with Crippen LogP contribution in [0.4, 0.5) is 4.79 Å². The van der Waals surface area contributed by atoms with Crippen molar-refractivity contribution in [3.8, 4) is 0 Å². The molecule has 0 aliphatic heterocycles. The van der Waals surface area contributed by atoms with Gasteiger partial charge in [-0.1, -0.05) is 48.5 Å². The van der Waals surface area contributed by atoms with E-state index in [4.69, 9.17) is 4.74 Å². The van der Waals surface area contributed by atoms with Gasteiger partial charge >= 0.3 is 6.09 Å². The van der Waals surface area contributed by atoms with Crippen LogP contribution in [0.25, 0.3) is 23.1 Å². The second kappa shape index (κ2) is 8.43. The SMILES string of the molecule is Cn1c(=O)c(=Cc2cn(C(=O)OC(C)(C)C)c3ccccc23)[nH]c(=O)c1=Cc1ccccc1. The predicted molar refractivity (Wildman–Crippen MR) is 129 cm³/mol. The molecule has 2 aromatic carbocycles. The second-order valence-electron chi connectivity index (χ2n) is 8.77. The first kappa shape index (κ1) is 22.1. The molecule has 7 nitrogen and oxygen atoms in total. The van der Waals surface area contributed by atoms with Crippen molar-refractivity contribution in [3.63, 3.8) is 0 Å². The van der Waals surface area contributed by atoms with E-state index in [9.17, 15) is 14.4 Å². The molecule has 0 aliphatic rings. The Bertz CT molecular complexity index is 1580. The molecule has 0 aliphatic carbocycles. The van der Waals surface area contributed by atoms with E-state index in [-0.39, 0.29) is 21.8 Å². The number of ether oxygens (including phenoxy) is 1. The monoisotopic (exact) mass is 443 g/mol. The topological polar surface area (TPSA) is 86.1 Å². The number of rotatable bonds is 2. The van der Waals surface area contributed by atoms with Crippen molar-refractivity contribution in [2.24, 2.45) is 7.05 Å². The van der Waals surface area contributed by atoms with Crippen LogP contribution in [0.3, 0.4) is 0 Å². The summed E-state index contributed by atoms with van der Waals surface area (Å²) < 4.78 is 8.25. The minimum Gasteiger partial charge on any atom is -0.443 e. The summed E-state index contributed by atoms with van der Waals surface area (Å²) in [4.78, 5) is 41.3. The number of benzene rings is 2. The van der Waals surface area contributed by atoms with Crippen molar-refractivity contribution in [1.82, 2.24) is 14.1 Å². The average Bonchev–Trinajstić information content (AvgIpc) is 3.13. The molecule has 2 aromatic heterocycles. The fraction of sp³-hybridized carbons (Fsp3) is 0.192. The molecular weight excluding hydrogens is 418 g/mol. The number of nitrogens with one attached hydrogen (secondary N) is 1. The first-order valence-corrected chi connectivity index (χ1v) is 10.6. The van der Waals surface area contributed by atoms with Gasteiger partial charge in [-0.3, -0.25) is 14.2 Å². The van der Waals surface area contributed by atoms with Gasteiger partial charge in [0.2, 0.25) is 0 Å². The van der Waals surface area contributed by atoms with Crippen LogP contribution in [0.2, 0.25) is 0 Å². The molecule has 7 heteroatoms. The number of nitrogens with zero attached hydrogens (tertiary/aromatic N) is 2. The summed E-state index contributed by atoms with van der Waals surface area (Å²) >= 11 is 0. The number of hydrogen-bond acceptors (Lipinski definition) is 4. The maximum Gasteiger partial charge on any atom is 0.419 e. The fourth-order valence-electron chi connectivity index (χ4n) is 3.59. The summed E-state index contributed by atoms with van der Waals surface area (Å²) in [6, 6.07) is 16.6. The summed E-state index contributed by atoms with van der Waals surface area (Å²) in [5, 5.41) is 1.13. The lowest BCUT2D eigenvalue weighted by Gasteiger charge is -2.19. The fourth-order valence-corrected chi connectivity index (χ4v) is 3.59. The number of hydrogen-bond donors (Lipinski definition) is 1. The highest BCUT2D eigenvalue weighted by molar-refractivity contribution is 5.95. The molecule has 0 unspecified atom stereocenters. The summed E-state index contributed by atoms with van der Waals surface area (Å²) in [7, 11) is 1.56. The lowest BCUT2D eigenvalue weighted by molar-refractivity contribution is 0.0544. The van der Waals surface area contributed by atoms with Crippen LogP contribution >= 0.6 is 0 Å². The van der Waals surface area contributed by atoms with Gasteiger partial charge in [-0.2, -0.15) is 0 Å². The normalized spacial score (nSPS) is 13.0. The van der Waals surface area contributed by atoms with Crippen LogP contribution in [0.5, 0.6) is 0 Å². The Morgan fingerprint density at radius 1 is 0.970 bits per heavy atom. The molecule has 2 heterocycles. The van der Waals surface area contributed by atoms with Crippen molar-refractivity contribution in [1.29, 1.82) is 0 Å². The number of fused-ring (bicyclic) bond motifs is 1. The third kappa shape index (κ3) is 4.57. The maximum atomic E-state index is 13.0. The molecule has 4 aromatic rings. The summed E-state index contributed by atoms with van der Waals surface area (Å²) in [5.74, 6) is 0. The van der Waals surface area contributed by atoms with Crippen molar-refractivity contribution in [3.05, 3.63) is 103 Å². The summed E-state index contributed by atoms with van der Waals surface area (Å²) in [6.07, 6.45) is 4.34. The van der Waals surface area contributed by atoms with Crippen molar-refractivity contribution < 1.29 is 9.53 Å². The quantitative estimate of drug-likeness (QED) is 0.516. The van der Waals surface area contributed by atoms with E-state index in [2.05, 4.69) is 4.98 Å². The van der Waals surface area contributed by atoms with Crippen LogP contribution in [-0.4, -0.2) is 25.8 Å². The van der Waals surface area contributed by atoms with Crippen LogP contribution in [0.15, 0.2) is 70.4 Å². The van der Waals surface area contributed by atoms with Crippen molar-refractivity contribution in [2.75, 3.05) is 0 Å². The van der Waals surface area contributed by atoms with E-state index in [0.717, 1.165) is 10.9 Å². The van der Waals surface area contributed by atoms with Crippen LogP contribution < -0.4 is 21.8 Å². The smallest absolute Gasteiger partial charge is 0.419 e. The van der Waals surface area contributed by atoms with E-state index in [0.29, 0.717) is 11.1 Å². The van der Waals surface area contributed by atoms with Gasteiger partial charge in [0.05, 0.1) is 5.52 Å². The molecule has 0 atom stereocenters. The highest BCUT2D eigenvalue weighted by atomic mass is 16.6. The standard InChI is InChI=1S/C26H25N3O4/c1-26(2,3)33-25(32)29-16-18(19-12-8-9-13-21(19)29)15-20-24(31)28(4)22(23(30)27-20)14-17-10-6-5-7-11-17/h5-16H,1-4H3,(H,27,30). The third-order valence-electron chi connectivity index (χ3n) is 5.11.